The summed E-state index contributed by atoms with van der Waals surface area (Å²) in [4.78, 5) is 34.5. The molecule has 0 unspecified atom stereocenters. The Kier molecular flexibility index (Phi) is 12.3. The maximum Gasteiger partial charge on any atom is 0.272 e. The second-order valence-corrected chi connectivity index (χ2v) is 3.76. The van der Waals surface area contributed by atoms with Crippen molar-refractivity contribution < 1.29 is 9.59 Å². The Bertz CT molecular complexity index is 614. The van der Waals surface area contributed by atoms with Gasteiger partial charge in [-0.15, -0.1) is 0 Å². The topological polar surface area (TPSA) is 74.7 Å². The third kappa shape index (κ3) is 6.88. The van der Waals surface area contributed by atoms with E-state index in [-0.39, 0.29) is 11.5 Å². The van der Waals surface area contributed by atoms with Crippen molar-refractivity contribution in [3.63, 3.8) is 0 Å². The lowest BCUT2D eigenvalue weighted by Gasteiger charge is -2.00. The second-order valence-electron chi connectivity index (χ2n) is 3.76. The summed E-state index contributed by atoms with van der Waals surface area (Å²) < 4.78 is 1.86. The fourth-order valence-electron chi connectivity index (χ4n) is 1.26. The lowest BCUT2D eigenvalue weighted by molar-refractivity contribution is -0.134. The lowest BCUT2D eigenvalue weighted by Crippen LogP contribution is -2.21. The van der Waals surface area contributed by atoms with E-state index in [0.717, 1.165) is 10.6 Å². The first-order chi connectivity index (χ1) is 10.5. The molecule has 0 aromatic carbocycles. The van der Waals surface area contributed by atoms with Crippen molar-refractivity contribution in [1.82, 2.24) is 14.3 Å². The zero-order valence-corrected chi connectivity index (χ0v) is 14.5. The van der Waals surface area contributed by atoms with E-state index >= 15 is 0 Å². The molecule has 6 heteroatoms. The van der Waals surface area contributed by atoms with E-state index in [1.54, 1.807) is 12.3 Å². The zero-order valence-electron chi connectivity index (χ0n) is 14.5. The molecule has 2 amide bonds. The molecule has 2 aromatic heterocycles. The Morgan fingerprint density at radius 2 is 1.82 bits per heavy atom. The first-order valence-corrected chi connectivity index (χ1v) is 7.31. The van der Waals surface area contributed by atoms with Crippen molar-refractivity contribution in [1.29, 1.82) is 0 Å². The van der Waals surface area contributed by atoms with Crippen molar-refractivity contribution in [2.24, 2.45) is 0 Å². The highest BCUT2D eigenvalue weighted by Crippen LogP contribution is 2.00. The van der Waals surface area contributed by atoms with Crippen molar-refractivity contribution >= 4 is 17.8 Å². The summed E-state index contributed by atoms with van der Waals surface area (Å²) in [5, 5.41) is 0. The van der Waals surface area contributed by atoms with Crippen LogP contribution < -0.4 is 5.56 Å². The smallest absolute Gasteiger partial charge is 0.272 e. The number of imide groups is 1. The summed E-state index contributed by atoms with van der Waals surface area (Å²) >= 11 is 0. The van der Waals surface area contributed by atoms with Gasteiger partial charge in [-0.2, -0.15) is 0 Å². The number of aromatic nitrogens is 2. The molecule has 0 bridgehead atoms. The highest BCUT2D eigenvalue weighted by molar-refractivity contribution is 5.83. The maximum absolute atomic E-state index is 11.1. The van der Waals surface area contributed by atoms with Crippen molar-refractivity contribution in [3.8, 4) is 0 Å². The van der Waals surface area contributed by atoms with E-state index < -0.39 is 0 Å². The van der Waals surface area contributed by atoms with Crippen LogP contribution in [-0.2, 0) is 9.59 Å². The molecule has 0 spiro atoms. The Balaban J connectivity index is 0. The van der Waals surface area contributed by atoms with Crippen LogP contribution in [0.5, 0.6) is 0 Å². The van der Waals surface area contributed by atoms with Gasteiger partial charge in [0.2, 0.25) is 12.3 Å². The number of carbonyl (C=O) groups excluding carboxylic acids is 2. The molecule has 0 aliphatic rings. The van der Waals surface area contributed by atoms with Crippen LogP contribution in [-0.4, -0.2) is 33.6 Å². The number of hydrogen-bond donors (Lipinski definition) is 1. The minimum atomic E-state index is -0.241. The summed E-state index contributed by atoms with van der Waals surface area (Å²) in [7, 11) is 1.41. The molecule has 2 rings (SSSR count). The summed E-state index contributed by atoms with van der Waals surface area (Å²) in [5.74, 6) is -0.241. The van der Waals surface area contributed by atoms with E-state index in [0.29, 0.717) is 11.9 Å². The standard InChI is InChI=1S/C8H8N2O.C4H7NO2.2C2H6/c1-6-5-9-8(11)7-3-2-4-10(6)7;1-4(7)5(2)3-6;2*1-2/h2-5H,1H3,(H,9,11);3H,1-2H3;2*1-2H3. The second kappa shape index (κ2) is 12.4. The van der Waals surface area contributed by atoms with Gasteiger partial charge in [0, 0.05) is 32.1 Å². The molecule has 0 saturated carbocycles. The monoisotopic (exact) mass is 309 g/mol. The Morgan fingerprint density at radius 1 is 1.27 bits per heavy atom. The number of fused-ring (bicyclic) bond motifs is 1. The average molecular weight is 309 g/mol. The molecule has 2 heterocycles. The minimum absolute atomic E-state index is 0.0411. The maximum atomic E-state index is 11.1. The summed E-state index contributed by atoms with van der Waals surface area (Å²) in [6.07, 6.45) is 4.05. The van der Waals surface area contributed by atoms with Crippen molar-refractivity contribution in [3.05, 3.63) is 40.6 Å². The third-order valence-corrected chi connectivity index (χ3v) is 2.43. The van der Waals surface area contributed by atoms with Crippen LogP contribution in [0.25, 0.3) is 5.52 Å². The molecule has 0 radical (unpaired) electrons. The van der Waals surface area contributed by atoms with Gasteiger partial charge in [0.25, 0.3) is 5.56 Å². The number of amides is 2. The molecular weight excluding hydrogens is 282 g/mol. The predicted molar refractivity (Wildman–Crippen MR) is 90.0 cm³/mol. The van der Waals surface area contributed by atoms with Crippen LogP contribution in [0.4, 0.5) is 0 Å². The first kappa shape index (κ1) is 21.9. The molecule has 0 saturated heterocycles. The van der Waals surface area contributed by atoms with E-state index in [9.17, 15) is 14.4 Å². The van der Waals surface area contributed by atoms with E-state index in [1.807, 2.05) is 51.3 Å². The van der Waals surface area contributed by atoms with Gasteiger partial charge < -0.3 is 9.38 Å². The first-order valence-electron chi connectivity index (χ1n) is 7.31. The van der Waals surface area contributed by atoms with Crippen LogP contribution in [0.3, 0.4) is 0 Å². The number of nitrogens with zero attached hydrogens (tertiary/aromatic N) is 2. The van der Waals surface area contributed by atoms with Gasteiger partial charge >= 0.3 is 0 Å². The molecule has 0 fully saturated rings. The van der Waals surface area contributed by atoms with Crippen molar-refractivity contribution in [2.75, 3.05) is 7.05 Å². The average Bonchev–Trinajstić information content (AvgIpc) is 3.05. The number of H-pyrrole nitrogens is 1. The SMILES string of the molecule is CC.CC.CC(=O)N(C)C=O.Cc1c[nH]c(=O)c2cccn12. The quantitative estimate of drug-likeness (QED) is 0.823. The molecule has 0 aliphatic carbocycles. The summed E-state index contributed by atoms with van der Waals surface area (Å²) in [5.41, 5.74) is 1.69. The Labute approximate surface area is 131 Å². The van der Waals surface area contributed by atoms with E-state index in [2.05, 4.69) is 4.98 Å². The predicted octanol–water partition coefficient (Wildman–Crippen LogP) is 2.61. The van der Waals surface area contributed by atoms with Gasteiger partial charge in [-0.3, -0.25) is 19.3 Å². The highest BCUT2D eigenvalue weighted by Gasteiger charge is 1.97. The van der Waals surface area contributed by atoms with Gasteiger partial charge in [0.1, 0.15) is 5.52 Å². The molecule has 124 valence electrons. The fourth-order valence-corrected chi connectivity index (χ4v) is 1.26. The van der Waals surface area contributed by atoms with Gasteiger partial charge in [-0.25, -0.2) is 0 Å². The van der Waals surface area contributed by atoms with Crippen molar-refractivity contribution in [2.45, 2.75) is 41.5 Å². The van der Waals surface area contributed by atoms with E-state index in [4.69, 9.17) is 0 Å². The lowest BCUT2D eigenvalue weighted by atomic mass is 10.4. The normalized spacial score (nSPS) is 8.32. The van der Waals surface area contributed by atoms with Gasteiger partial charge in [0.15, 0.2) is 0 Å². The number of aromatic amines is 1. The number of nitrogens with one attached hydrogen (secondary N) is 1. The highest BCUT2D eigenvalue weighted by atomic mass is 16.2. The number of rotatable bonds is 1. The number of hydrogen-bond acceptors (Lipinski definition) is 3. The molecule has 6 nitrogen and oxygen atoms in total. The van der Waals surface area contributed by atoms with Crippen LogP contribution in [0, 0.1) is 6.92 Å². The minimum Gasteiger partial charge on any atom is -0.326 e. The Hall–Kier alpha value is -2.37. The van der Waals surface area contributed by atoms with Crippen LogP contribution in [0.1, 0.15) is 40.3 Å². The number of carbonyl (C=O) groups is 2. The molecule has 1 N–H and O–H groups in total. The third-order valence-electron chi connectivity index (χ3n) is 2.43. The molecule has 2 aromatic rings. The zero-order chi connectivity index (χ0) is 17.7. The van der Waals surface area contributed by atoms with Crippen LogP contribution >= 0.6 is 0 Å². The molecule has 22 heavy (non-hydrogen) atoms. The van der Waals surface area contributed by atoms with Crippen LogP contribution in [0.2, 0.25) is 0 Å². The number of aryl methyl sites for hydroxylation is 1. The molecule has 0 aliphatic heterocycles. The fraction of sp³-hybridized carbons (Fsp3) is 0.438. The van der Waals surface area contributed by atoms with Crippen LogP contribution in [0.15, 0.2) is 29.3 Å². The summed E-state index contributed by atoms with van der Waals surface area (Å²) in [6.45, 7) is 11.3. The van der Waals surface area contributed by atoms with Gasteiger partial charge in [-0.1, -0.05) is 27.7 Å². The van der Waals surface area contributed by atoms with E-state index in [1.165, 1.54) is 14.0 Å². The van der Waals surface area contributed by atoms with Gasteiger partial charge in [-0.05, 0) is 19.1 Å². The molecular formula is C16H27N3O3. The van der Waals surface area contributed by atoms with Gasteiger partial charge in [0.05, 0.1) is 0 Å². The molecule has 0 atom stereocenters. The Morgan fingerprint density at radius 3 is 2.18 bits per heavy atom. The largest absolute Gasteiger partial charge is 0.326 e. The summed E-state index contributed by atoms with van der Waals surface area (Å²) in [6, 6.07) is 3.66.